The van der Waals surface area contributed by atoms with Crippen LogP contribution >= 0.6 is 0 Å². The van der Waals surface area contributed by atoms with Crippen LogP contribution in [0.3, 0.4) is 0 Å². The number of amidine groups is 2. The lowest BCUT2D eigenvalue weighted by atomic mass is 10.1. The summed E-state index contributed by atoms with van der Waals surface area (Å²) >= 11 is 0. The third-order valence-corrected chi connectivity index (χ3v) is 6.63. The van der Waals surface area contributed by atoms with Crippen molar-refractivity contribution in [3.8, 4) is 0 Å². The summed E-state index contributed by atoms with van der Waals surface area (Å²) in [6.45, 7) is 2.67. The smallest absolute Gasteiger partial charge is 0.257 e. The van der Waals surface area contributed by atoms with Gasteiger partial charge in [0.25, 0.3) is 11.8 Å². The van der Waals surface area contributed by atoms with E-state index in [4.69, 9.17) is 9.47 Å². The Morgan fingerprint density at radius 3 is 1.60 bits per heavy atom. The van der Waals surface area contributed by atoms with Gasteiger partial charge < -0.3 is 41.2 Å². The first kappa shape index (κ1) is 34.7. The van der Waals surface area contributed by atoms with E-state index in [0.29, 0.717) is 49.3 Å². The van der Waals surface area contributed by atoms with Gasteiger partial charge in [-0.2, -0.15) is 0 Å². The molecule has 0 aromatic heterocycles. The first-order valence-electron chi connectivity index (χ1n) is 14.3. The Bertz CT molecular complexity index is 1460. The van der Waals surface area contributed by atoms with Gasteiger partial charge in [0, 0.05) is 82.7 Å². The summed E-state index contributed by atoms with van der Waals surface area (Å²) in [5, 5.41) is 33.3. The van der Waals surface area contributed by atoms with Crippen LogP contribution in [0, 0.1) is 5.21 Å². The Morgan fingerprint density at radius 2 is 1.18 bits per heavy atom. The summed E-state index contributed by atoms with van der Waals surface area (Å²) < 4.78 is 10.1. The minimum absolute atomic E-state index is 0.0740. The number of nitrogens with one attached hydrogen (secondary N) is 4. The molecule has 0 aliphatic rings. The fourth-order valence-electron chi connectivity index (χ4n) is 4.31. The van der Waals surface area contributed by atoms with Crippen molar-refractivity contribution in [2.45, 2.75) is 12.8 Å². The topological polar surface area (TPSA) is 172 Å². The molecule has 13 nitrogen and oxygen atoms in total. The van der Waals surface area contributed by atoms with Gasteiger partial charge in [0.1, 0.15) is 11.7 Å². The molecule has 3 aromatic rings. The maximum absolute atomic E-state index is 13.0. The summed E-state index contributed by atoms with van der Waals surface area (Å²) in [6.07, 6.45) is 1.66. The largest absolute Gasteiger partial charge is 0.733 e. The Balaban J connectivity index is 1.66. The highest BCUT2D eigenvalue weighted by molar-refractivity contribution is 6.11. The van der Waals surface area contributed by atoms with Gasteiger partial charge in [0.15, 0.2) is 0 Å². The Hall–Kier alpha value is -4.82. The summed E-state index contributed by atoms with van der Waals surface area (Å²) in [5.41, 5.74) is 2.23. The van der Waals surface area contributed by atoms with Gasteiger partial charge in [0.05, 0.1) is 11.3 Å². The van der Waals surface area contributed by atoms with Crippen LogP contribution in [0.15, 0.2) is 76.7 Å². The van der Waals surface area contributed by atoms with Crippen molar-refractivity contribution in [2.75, 3.05) is 70.5 Å². The number of rotatable bonds is 15. The van der Waals surface area contributed by atoms with E-state index < -0.39 is 17.0 Å². The fourth-order valence-corrected chi connectivity index (χ4v) is 4.31. The second-order valence-electron chi connectivity index (χ2n) is 9.76. The average Bonchev–Trinajstić information content (AvgIpc) is 3.05. The molecule has 0 radical (unpaired) electrons. The standard InChI is InChI=1S/C32H40N7O6/c1-33-29(35-17-5-19-44-3)22-7-12-25(13-8-22)37-31(40)24-11-16-27(28(21-24)39(42)43)32(41)38-26-14-9-23(10-15-26)30(34-2)36-18-6-20-45-4/h7-16,21,42H,5-6,17-20H2,1-4H3,(H,33,35)(H,34,36)(H,37,40)(H,38,41)/q-1. The number of benzene rings is 3. The molecule has 3 rings (SSSR count). The first-order valence-corrected chi connectivity index (χ1v) is 14.3. The van der Waals surface area contributed by atoms with E-state index in [0.717, 1.165) is 30.0 Å². The zero-order valence-electron chi connectivity index (χ0n) is 25.9. The Labute approximate surface area is 262 Å². The molecule has 0 atom stereocenters. The molecule has 0 aliphatic heterocycles. The lowest BCUT2D eigenvalue weighted by Crippen LogP contribution is -2.26. The number of aliphatic imine (C=N–C) groups is 2. The van der Waals surface area contributed by atoms with Gasteiger partial charge in [-0.25, -0.2) is 0 Å². The molecular formula is C32H40N7O6-. The molecule has 240 valence electrons. The van der Waals surface area contributed by atoms with E-state index in [2.05, 4.69) is 31.3 Å². The number of methoxy groups -OCH3 is 2. The van der Waals surface area contributed by atoms with Gasteiger partial charge in [0.2, 0.25) is 0 Å². The molecule has 0 saturated heterocycles. The number of carbonyl (C=O) groups is 2. The molecule has 45 heavy (non-hydrogen) atoms. The minimum atomic E-state index is -0.638. The van der Waals surface area contributed by atoms with Crippen LogP contribution in [-0.4, -0.2) is 83.3 Å². The van der Waals surface area contributed by atoms with E-state index in [9.17, 15) is 20.0 Å². The monoisotopic (exact) mass is 618 g/mol. The normalized spacial score (nSPS) is 11.6. The molecule has 0 aliphatic carbocycles. The number of nitrogens with zero attached hydrogens (tertiary/aromatic N) is 3. The number of hydrogen-bond acceptors (Lipinski definition) is 9. The highest BCUT2D eigenvalue weighted by Gasteiger charge is 2.17. The second-order valence-corrected chi connectivity index (χ2v) is 9.76. The molecule has 5 N–H and O–H groups in total. The van der Waals surface area contributed by atoms with E-state index >= 15 is 0 Å². The predicted molar refractivity (Wildman–Crippen MR) is 177 cm³/mol. The van der Waals surface area contributed by atoms with Crippen LogP contribution in [-0.2, 0) is 9.47 Å². The highest BCUT2D eigenvalue weighted by atomic mass is 16.8. The van der Waals surface area contributed by atoms with Gasteiger partial charge >= 0.3 is 0 Å². The number of carbonyl (C=O) groups excluding carboxylic acids is 2. The number of amides is 2. The van der Waals surface area contributed by atoms with Crippen LogP contribution in [0.5, 0.6) is 0 Å². The third-order valence-electron chi connectivity index (χ3n) is 6.63. The predicted octanol–water partition coefficient (Wildman–Crippen LogP) is 3.89. The van der Waals surface area contributed by atoms with Crippen molar-refractivity contribution in [1.82, 2.24) is 10.6 Å². The molecule has 3 aromatic carbocycles. The molecule has 0 heterocycles. The maximum atomic E-state index is 13.0. The number of ether oxygens (including phenoxy) is 2. The molecule has 0 fully saturated rings. The zero-order chi connectivity index (χ0) is 32.6. The summed E-state index contributed by atoms with van der Waals surface area (Å²) in [7, 11) is 6.67. The molecule has 13 heteroatoms. The van der Waals surface area contributed by atoms with Gasteiger partial charge in [-0.05, 0) is 79.6 Å². The van der Waals surface area contributed by atoms with Gasteiger partial charge in [-0.1, -0.05) is 0 Å². The zero-order valence-corrected chi connectivity index (χ0v) is 25.9. The summed E-state index contributed by atoms with van der Waals surface area (Å²) in [4.78, 5) is 34.6. The quantitative estimate of drug-likeness (QED) is 0.0733. The maximum Gasteiger partial charge on any atom is 0.257 e. The lowest BCUT2D eigenvalue weighted by Gasteiger charge is -2.25. The Morgan fingerprint density at radius 1 is 0.733 bits per heavy atom. The molecule has 0 spiro atoms. The van der Waals surface area contributed by atoms with Crippen molar-refractivity contribution in [1.29, 1.82) is 0 Å². The van der Waals surface area contributed by atoms with E-state index in [-0.39, 0.29) is 16.8 Å². The van der Waals surface area contributed by atoms with Crippen LogP contribution in [0.4, 0.5) is 17.1 Å². The second kappa shape index (κ2) is 18.1. The fraction of sp³-hybridized carbons (Fsp3) is 0.312. The lowest BCUT2D eigenvalue weighted by molar-refractivity contribution is 0.101. The van der Waals surface area contributed by atoms with Crippen molar-refractivity contribution in [3.63, 3.8) is 0 Å². The third kappa shape index (κ3) is 10.4. The molecule has 2 amide bonds. The van der Waals surface area contributed by atoms with E-state index in [1.165, 1.54) is 12.1 Å². The molecule has 0 saturated carbocycles. The number of hydrogen-bond donors (Lipinski definition) is 5. The van der Waals surface area contributed by atoms with Crippen LogP contribution in [0.1, 0.15) is 44.7 Å². The van der Waals surface area contributed by atoms with Crippen molar-refractivity contribution < 1.29 is 24.3 Å². The van der Waals surface area contributed by atoms with Crippen molar-refractivity contribution in [3.05, 3.63) is 94.2 Å². The SMILES string of the molecule is CN=C(NCCCOC)c1ccc(NC(=O)c2ccc(C(=O)Nc3ccc(C(=NC)NCCCOC)cc3)c(N([O-])O)c2)cc1. The first-order chi connectivity index (χ1) is 21.8. The molecular weight excluding hydrogens is 578 g/mol. The summed E-state index contributed by atoms with van der Waals surface area (Å²) in [5.74, 6) is 0.243. The van der Waals surface area contributed by atoms with Crippen LogP contribution < -0.4 is 26.5 Å². The average molecular weight is 619 g/mol. The van der Waals surface area contributed by atoms with Crippen molar-refractivity contribution in [2.24, 2.45) is 9.98 Å². The van der Waals surface area contributed by atoms with Crippen molar-refractivity contribution >= 4 is 40.5 Å². The highest BCUT2D eigenvalue weighted by Crippen LogP contribution is 2.24. The van der Waals surface area contributed by atoms with E-state index in [1.807, 2.05) is 12.1 Å². The van der Waals surface area contributed by atoms with Crippen LogP contribution in [0.2, 0.25) is 0 Å². The van der Waals surface area contributed by atoms with Gasteiger partial charge in [-0.15, -0.1) is 0 Å². The van der Waals surface area contributed by atoms with Gasteiger partial charge in [-0.3, -0.25) is 24.8 Å². The number of anilines is 3. The minimum Gasteiger partial charge on any atom is -0.733 e. The van der Waals surface area contributed by atoms with E-state index in [1.54, 1.807) is 64.7 Å². The summed E-state index contributed by atoms with van der Waals surface area (Å²) in [6, 6.07) is 17.9. The molecule has 0 unspecified atom stereocenters. The van der Waals surface area contributed by atoms with Crippen LogP contribution in [0.25, 0.3) is 0 Å². The molecule has 0 bridgehead atoms. The Kier molecular flexibility index (Phi) is 13.9.